The third kappa shape index (κ3) is 12.1. The normalized spacial score (nSPS) is 40.1. The second-order valence-electron chi connectivity index (χ2n) is 18.3. The summed E-state index contributed by atoms with van der Waals surface area (Å²) in [6, 6.07) is -1.00. The molecule has 1 saturated carbocycles. The van der Waals surface area contributed by atoms with Crippen LogP contribution in [-0.2, 0) is 42.9 Å². The molecule has 342 valence electrons. The van der Waals surface area contributed by atoms with Gasteiger partial charge in [0.05, 0.1) is 24.4 Å². The number of cyclic esters (lactones) is 1. The first kappa shape index (κ1) is 50.1. The number of aliphatic hydroxyl groups excluding tert-OH is 1. The number of aliphatic hydroxyl groups is 2. The summed E-state index contributed by atoms with van der Waals surface area (Å²) < 4.78 is 46.3. The monoisotopic (exact) mass is 851 g/mol. The van der Waals surface area contributed by atoms with Gasteiger partial charge in [0, 0.05) is 58.7 Å². The van der Waals surface area contributed by atoms with Crippen molar-refractivity contribution in [1.29, 1.82) is 0 Å². The van der Waals surface area contributed by atoms with E-state index in [-0.39, 0.29) is 62.0 Å². The number of nitrogens with one attached hydrogen (secondary N) is 1. The Morgan fingerprint density at radius 1 is 0.983 bits per heavy atom. The molecule has 1 aliphatic carbocycles. The Kier molecular flexibility index (Phi) is 18.9. The zero-order valence-corrected chi connectivity index (χ0v) is 37.8. The van der Waals surface area contributed by atoms with Gasteiger partial charge in [0.2, 0.25) is 5.79 Å². The van der Waals surface area contributed by atoms with Crippen LogP contribution in [0.25, 0.3) is 0 Å². The van der Waals surface area contributed by atoms with Gasteiger partial charge in [0.15, 0.2) is 0 Å². The Morgan fingerprint density at radius 3 is 2.28 bits per heavy atom. The van der Waals surface area contributed by atoms with Crippen molar-refractivity contribution >= 4 is 23.4 Å². The van der Waals surface area contributed by atoms with Crippen LogP contribution in [0.3, 0.4) is 0 Å². The van der Waals surface area contributed by atoms with Crippen molar-refractivity contribution in [1.82, 2.24) is 10.2 Å². The molecule has 4 rings (SSSR count). The number of carbonyl (C=O) groups is 4. The number of halogens is 1. The Labute approximate surface area is 357 Å². The number of alkyl halides is 1. The van der Waals surface area contributed by atoms with E-state index < -0.39 is 83.9 Å². The van der Waals surface area contributed by atoms with Crippen LogP contribution in [0.4, 0.5) is 4.39 Å². The first-order valence-electron chi connectivity index (χ1n) is 22.4. The van der Waals surface area contributed by atoms with E-state index >= 15 is 4.39 Å². The van der Waals surface area contributed by atoms with Crippen LogP contribution in [0.15, 0.2) is 23.3 Å². The molecule has 0 aromatic rings. The van der Waals surface area contributed by atoms with Gasteiger partial charge in [0.1, 0.15) is 30.2 Å². The molecule has 0 aromatic carbocycles. The third-order valence-corrected chi connectivity index (χ3v) is 13.7. The summed E-state index contributed by atoms with van der Waals surface area (Å²) in [5.74, 6) is -7.70. The number of methoxy groups -OCH3 is 3. The molecule has 2 saturated heterocycles. The minimum absolute atomic E-state index is 0.0311. The fourth-order valence-electron chi connectivity index (χ4n) is 9.88. The van der Waals surface area contributed by atoms with Crippen LogP contribution in [0.1, 0.15) is 119 Å². The van der Waals surface area contributed by atoms with E-state index in [0.29, 0.717) is 44.2 Å². The number of allylic oxidation sites excluding steroid dienone is 3. The standard InChI is InChI=1S/C46H75FN2O11/c1-11-33-21-27(3)40(47)28(4)22-38(57-9)42-39(58-10)23-30(6)46(55,60-42)43(52)44(53)49-19-13-12-14-35(49)45(54)59-41(26(2)15-18-36(33)51)29(5)20-32-16-17-34(37(24-32)56-8)48-25-31(7)50/h20-21,26,28,30-35,37-42,48,50,55H,11-19,22-25H2,1-10H3/b27-21+,29-20?. The molecule has 15 atom stereocenters. The molecular formula is C46H75FN2O11. The smallest absolute Gasteiger partial charge is 0.329 e. The lowest BCUT2D eigenvalue weighted by Crippen LogP contribution is -2.64. The molecule has 13 nitrogen and oxygen atoms in total. The second-order valence-corrected chi connectivity index (χ2v) is 18.3. The molecule has 3 aliphatic heterocycles. The first-order valence-corrected chi connectivity index (χ1v) is 22.4. The number of rotatable bonds is 9. The number of ketones is 2. The number of Topliss-reactive ketones (excluding diaryl/α,β-unsaturated/α-hetero) is 2. The maximum absolute atomic E-state index is 16.2. The highest BCUT2D eigenvalue weighted by molar-refractivity contribution is 6.39. The summed E-state index contributed by atoms with van der Waals surface area (Å²) in [6.07, 6.45) is 3.71. The SMILES string of the molecule is CCC1/C=C(\C)C(F)C(C)CC(OC)C2OC(O)(C(=O)C(=O)N3CCCCC3C(=O)OC(C(C)=CC3CCC(NCC(C)O)C(OC)C3)C(C)CCC1=O)C(C)CC2OC. The predicted octanol–water partition coefficient (Wildman–Crippen LogP) is 5.43. The Balaban J connectivity index is 1.73. The largest absolute Gasteiger partial charge is 0.456 e. The fourth-order valence-corrected chi connectivity index (χ4v) is 9.88. The third-order valence-electron chi connectivity index (χ3n) is 13.7. The van der Waals surface area contributed by atoms with Crippen molar-refractivity contribution in [2.75, 3.05) is 34.4 Å². The Hall–Kier alpha value is -2.59. The van der Waals surface area contributed by atoms with Crippen molar-refractivity contribution in [3.8, 4) is 0 Å². The molecule has 4 aliphatic rings. The number of hydrogen-bond acceptors (Lipinski definition) is 12. The van der Waals surface area contributed by atoms with Gasteiger partial charge in [0.25, 0.3) is 11.7 Å². The van der Waals surface area contributed by atoms with E-state index in [1.807, 2.05) is 20.8 Å². The number of ether oxygens (including phenoxy) is 5. The number of carbonyl (C=O) groups excluding carboxylic acids is 4. The molecule has 15 unspecified atom stereocenters. The van der Waals surface area contributed by atoms with E-state index in [1.165, 1.54) is 19.1 Å². The highest BCUT2D eigenvalue weighted by atomic mass is 19.1. The Bertz CT molecular complexity index is 1520. The van der Waals surface area contributed by atoms with Gasteiger partial charge >= 0.3 is 5.97 Å². The van der Waals surface area contributed by atoms with Crippen LogP contribution in [0, 0.1) is 29.6 Å². The van der Waals surface area contributed by atoms with Crippen molar-refractivity contribution in [3.05, 3.63) is 23.3 Å². The highest BCUT2D eigenvalue weighted by Gasteiger charge is 2.56. The summed E-state index contributed by atoms with van der Waals surface area (Å²) in [5, 5.41) is 25.3. The zero-order valence-electron chi connectivity index (χ0n) is 37.8. The first-order chi connectivity index (χ1) is 28.4. The fraction of sp³-hybridized carbons (Fsp3) is 0.826. The molecule has 0 radical (unpaired) electrons. The maximum Gasteiger partial charge on any atom is 0.329 e. The second kappa shape index (κ2) is 22.7. The van der Waals surface area contributed by atoms with Crippen molar-refractivity contribution in [2.24, 2.45) is 29.6 Å². The number of nitrogens with zero attached hydrogens (tertiary/aromatic N) is 1. The molecule has 3 heterocycles. The van der Waals surface area contributed by atoms with Crippen LogP contribution in [0.2, 0.25) is 0 Å². The summed E-state index contributed by atoms with van der Waals surface area (Å²) in [5.41, 5.74) is 1.23. The van der Waals surface area contributed by atoms with Gasteiger partial charge in [-0.3, -0.25) is 14.4 Å². The summed E-state index contributed by atoms with van der Waals surface area (Å²) in [4.78, 5) is 57.9. The topological polar surface area (TPSA) is 170 Å². The minimum Gasteiger partial charge on any atom is -0.456 e. The molecule has 60 heavy (non-hydrogen) atoms. The maximum atomic E-state index is 16.2. The van der Waals surface area contributed by atoms with E-state index in [4.69, 9.17) is 23.7 Å². The van der Waals surface area contributed by atoms with E-state index in [2.05, 4.69) is 11.4 Å². The summed E-state index contributed by atoms with van der Waals surface area (Å²) >= 11 is 0. The van der Waals surface area contributed by atoms with Gasteiger partial charge in [-0.1, -0.05) is 39.8 Å². The number of piperidine rings is 1. The van der Waals surface area contributed by atoms with Gasteiger partial charge in [-0.25, -0.2) is 9.18 Å². The lowest BCUT2D eigenvalue weighted by molar-refractivity contribution is -0.302. The zero-order chi connectivity index (χ0) is 44.5. The highest BCUT2D eigenvalue weighted by Crippen LogP contribution is 2.39. The average molecular weight is 851 g/mol. The molecule has 0 aromatic heterocycles. The Morgan fingerprint density at radius 2 is 1.65 bits per heavy atom. The molecule has 3 fully saturated rings. The molecule has 2 bridgehead atoms. The number of hydrogen-bond donors (Lipinski definition) is 3. The van der Waals surface area contributed by atoms with E-state index in [0.717, 1.165) is 18.4 Å². The minimum atomic E-state index is -2.57. The molecule has 1 amide bonds. The van der Waals surface area contributed by atoms with E-state index in [9.17, 15) is 29.4 Å². The molecule has 0 spiro atoms. The van der Waals surface area contributed by atoms with Gasteiger partial charge < -0.3 is 44.1 Å². The van der Waals surface area contributed by atoms with Crippen LogP contribution >= 0.6 is 0 Å². The number of fused-ring (bicyclic) bond motifs is 3. The molecular weight excluding hydrogens is 776 g/mol. The lowest BCUT2D eigenvalue weighted by atomic mass is 9.81. The predicted molar refractivity (Wildman–Crippen MR) is 224 cm³/mol. The summed E-state index contributed by atoms with van der Waals surface area (Å²) in [6.45, 7) is 13.1. The lowest BCUT2D eigenvalue weighted by Gasteiger charge is -2.47. The van der Waals surface area contributed by atoms with Crippen LogP contribution in [0.5, 0.6) is 0 Å². The van der Waals surface area contributed by atoms with E-state index in [1.54, 1.807) is 40.9 Å². The van der Waals surface area contributed by atoms with Crippen LogP contribution < -0.4 is 5.32 Å². The van der Waals surface area contributed by atoms with Gasteiger partial charge in [-0.2, -0.15) is 0 Å². The van der Waals surface area contributed by atoms with Crippen molar-refractivity contribution in [3.63, 3.8) is 0 Å². The van der Waals surface area contributed by atoms with Crippen molar-refractivity contribution < 1.29 is 57.5 Å². The van der Waals surface area contributed by atoms with Crippen LogP contribution in [-0.4, -0.2) is 134 Å². The van der Waals surface area contributed by atoms with Gasteiger partial charge in [-0.05, 0) is 114 Å². The molecule has 3 N–H and O–H groups in total. The molecule has 14 heteroatoms. The van der Waals surface area contributed by atoms with Crippen molar-refractivity contribution in [2.45, 2.75) is 180 Å². The van der Waals surface area contributed by atoms with Gasteiger partial charge in [-0.15, -0.1) is 0 Å². The quantitative estimate of drug-likeness (QED) is 0.153. The average Bonchev–Trinajstić information content (AvgIpc) is 3.24. The number of amides is 1. The number of esters is 1. The summed E-state index contributed by atoms with van der Waals surface area (Å²) in [7, 11) is 4.60.